The summed E-state index contributed by atoms with van der Waals surface area (Å²) in [5.41, 5.74) is 6.54. The molecule has 1 fully saturated rings. The Morgan fingerprint density at radius 2 is 1.82 bits per heavy atom. The number of hydrogen-bond donors (Lipinski definition) is 3. The van der Waals surface area contributed by atoms with Gasteiger partial charge in [-0.2, -0.15) is 0 Å². The molecule has 0 heterocycles. The average molecular weight is 300 g/mol. The number of halogens is 1. The van der Waals surface area contributed by atoms with Crippen LogP contribution in [-0.4, -0.2) is 16.8 Å². The zero-order valence-corrected chi connectivity index (χ0v) is 11.3. The maximum absolute atomic E-state index is 10.0. The van der Waals surface area contributed by atoms with Gasteiger partial charge in [0, 0.05) is 22.0 Å². The molecule has 0 amide bonds. The molecule has 0 saturated heterocycles. The van der Waals surface area contributed by atoms with Crippen LogP contribution < -0.4 is 5.73 Å². The summed E-state index contributed by atoms with van der Waals surface area (Å²) in [4.78, 5) is 0. The highest BCUT2D eigenvalue weighted by Gasteiger charge is 2.35. The lowest BCUT2D eigenvalue weighted by Gasteiger charge is -2.37. The molecule has 0 unspecified atom stereocenters. The van der Waals surface area contributed by atoms with Crippen molar-refractivity contribution in [1.29, 1.82) is 0 Å². The van der Waals surface area contributed by atoms with E-state index in [9.17, 15) is 10.2 Å². The Hall–Kier alpha value is -0.740. The molecule has 1 saturated carbocycles. The first-order valence-electron chi connectivity index (χ1n) is 6.01. The minimum Gasteiger partial charge on any atom is -0.504 e. The topological polar surface area (TPSA) is 66.5 Å². The summed E-state index contributed by atoms with van der Waals surface area (Å²) in [6.07, 6.45) is 5.44. The maximum Gasteiger partial charge on any atom is 0.161 e. The molecule has 0 spiro atoms. The van der Waals surface area contributed by atoms with Gasteiger partial charge in [-0.3, -0.25) is 0 Å². The van der Waals surface area contributed by atoms with E-state index in [0.717, 1.165) is 35.7 Å². The van der Waals surface area contributed by atoms with E-state index >= 15 is 0 Å². The largest absolute Gasteiger partial charge is 0.504 e. The molecule has 17 heavy (non-hydrogen) atoms. The molecular weight excluding hydrogens is 282 g/mol. The third-order valence-corrected chi connectivity index (χ3v) is 4.29. The second-order valence-corrected chi connectivity index (χ2v) is 5.78. The summed E-state index contributed by atoms with van der Waals surface area (Å²) in [7, 11) is 0. The fourth-order valence-electron chi connectivity index (χ4n) is 2.80. The summed E-state index contributed by atoms with van der Waals surface area (Å²) in [6, 6.07) is 3.39. The van der Waals surface area contributed by atoms with E-state index < -0.39 is 0 Å². The van der Waals surface area contributed by atoms with Crippen molar-refractivity contribution >= 4 is 15.9 Å². The number of phenols is 2. The van der Waals surface area contributed by atoms with E-state index in [2.05, 4.69) is 15.9 Å². The molecule has 94 valence electrons. The van der Waals surface area contributed by atoms with Gasteiger partial charge in [0.05, 0.1) is 0 Å². The van der Waals surface area contributed by atoms with Gasteiger partial charge in [0.2, 0.25) is 0 Å². The highest BCUT2D eigenvalue weighted by Crippen LogP contribution is 2.46. The molecule has 0 aromatic heterocycles. The third-order valence-electron chi connectivity index (χ3n) is 3.83. The minimum absolute atomic E-state index is 0.0134. The predicted molar refractivity (Wildman–Crippen MR) is 71.3 cm³/mol. The lowest BCUT2D eigenvalue weighted by molar-refractivity contribution is 0.286. The number of rotatable bonds is 2. The van der Waals surface area contributed by atoms with Crippen molar-refractivity contribution in [3.63, 3.8) is 0 Å². The van der Waals surface area contributed by atoms with Crippen LogP contribution in [0.4, 0.5) is 0 Å². The van der Waals surface area contributed by atoms with Crippen LogP contribution in [0.25, 0.3) is 0 Å². The highest BCUT2D eigenvalue weighted by molar-refractivity contribution is 9.10. The molecule has 0 aliphatic heterocycles. The monoisotopic (exact) mass is 299 g/mol. The Morgan fingerprint density at radius 3 is 2.41 bits per heavy atom. The van der Waals surface area contributed by atoms with Crippen molar-refractivity contribution in [3.8, 4) is 11.5 Å². The summed E-state index contributed by atoms with van der Waals surface area (Å²) < 4.78 is 0.779. The van der Waals surface area contributed by atoms with Crippen molar-refractivity contribution in [3.05, 3.63) is 22.2 Å². The molecule has 4 N–H and O–H groups in total. The minimum atomic E-state index is -0.177. The number of phenolic OH excluding ortho intramolecular Hbond substituents is 2. The Bertz CT molecular complexity index is 414. The average Bonchev–Trinajstić information content (AvgIpc) is 2.34. The van der Waals surface area contributed by atoms with Gasteiger partial charge in [-0.05, 0) is 25.0 Å². The molecule has 1 aliphatic rings. The summed E-state index contributed by atoms with van der Waals surface area (Å²) in [6.45, 7) is 0.510. The van der Waals surface area contributed by atoms with E-state index in [-0.39, 0.29) is 16.9 Å². The smallest absolute Gasteiger partial charge is 0.161 e. The van der Waals surface area contributed by atoms with Gasteiger partial charge in [-0.25, -0.2) is 0 Å². The van der Waals surface area contributed by atoms with Crippen LogP contribution in [0.15, 0.2) is 16.6 Å². The molecular formula is C13H18BrNO2. The summed E-state index contributed by atoms with van der Waals surface area (Å²) >= 11 is 3.36. The van der Waals surface area contributed by atoms with Crippen molar-refractivity contribution in [2.45, 2.75) is 37.5 Å². The molecule has 0 radical (unpaired) electrons. The van der Waals surface area contributed by atoms with Crippen LogP contribution in [0.5, 0.6) is 11.5 Å². The summed E-state index contributed by atoms with van der Waals surface area (Å²) in [5, 5.41) is 19.7. The molecule has 0 atom stereocenters. The van der Waals surface area contributed by atoms with Crippen molar-refractivity contribution in [2.75, 3.05) is 6.54 Å². The number of hydrogen-bond acceptors (Lipinski definition) is 3. The van der Waals surface area contributed by atoms with E-state index in [0.29, 0.717) is 6.54 Å². The molecule has 2 rings (SSSR count). The lowest BCUT2D eigenvalue weighted by Crippen LogP contribution is -2.37. The Balaban J connectivity index is 2.49. The maximum atomic E-state index is 10.0. The molecule has 1 aliphatic carbocycles. The van der Waals surface area contributed by atoms with Crippen LogP contribution in [0.3, 0.4) is 0 Å². The SMILES string of the molecule is NCC1(c2cc(Br)cc(O)c2O)CCCCC1. The second kappa shape index (κ2) is 4.86. The van der Waals surface area contributed by atoms with Crippen LogP contribution in [0, 0.1) is 0 Å². The zero-order valence-electron chi connectivity index (χ0n) is 9.75. The van der Waals surface area contributed by atoms with Crippen LogP contribution >= 0.6 is 15.9 Å². The third kappa shape index (κ3) is 2.29. The van der Waals surface area contributed by atoms with Crippen molar-refractivity contribution in [1.82, 2.24) is 0 Å². The molecule has 3 nitrogen and oxygen atoms in total. The van der Waals surface area contributed by atoms with E-state index in [1.807, 2.05) is 6.07 Å². The van der Waals surface area contributed by atoms with Crippen molar-refractivity contribution in [2.24, 2.45) is 5.73 Å². The second-order valence-electron chi connectivity index (χ2n) is 4.87. The normalized spacial score (nSPS) is 19.2. The Labute approximate surface area is 110 Å². The lowest BCUT2D eigenvalue weighted by atomic mass is 9.69. The first kappa shape index (κ1) is 12.7. The van der Waals surface area contributed by atoms with E-state index in [1.165, 1.54) is 12.5 Å². The molecule has 1 aromatic rings. The number of benzene rings is 1. The Kier molecular flexibility index (Phi) is 3.64. The van der Waals surface area contributed by atoms with Gasteiger partial charge in [0.15, 0.2) is 11.5 Å². The molecule has 4 heteroatoms. The van der Waals surface area contributed by atoms with Crippen LogP contribution in [-0.2, 0) is 5.41 Å². The van der Waals surface area contributed by atoms with Crippen molar-refractivity contribution < 1.29 is 10.2 Å². The van der Waals surface area contributed by atoms with E-state index in [1.54, 1.807) is 0 Å². The Morgan fingerprint density at radius 1 is 1.18 bits per heavy atom. The highest BCUT2D eigenvalue weighted by atomic mass is 79.9. The van der Waals surface area contributed by atoms with Gasteiger partial charge in [0.25, 0.3) is 0 Å². The molecule has 0 bridgehead atoms. The van der Waals surface area contributed by atoms with Gasteiger partial charge < -0.3 is 15.9 Å². The fourth-order valence-corrected chi connectivity index (χ4v) is 3.25. The first-order chi connectivity index (χ1) is 8.09. The number of nitrogens with two attached hydrogens (primary N) is 1. The standard InChI is InChI=1S/C13H18BrNO2/c14-9-6-10(12(17)11(16)7-9)13(8-15)4-2-1-3-5-13/h6-7,16-17H,1-5,8,15H2. The van der Waals surface area contributed by atoms with Gasteiger partial charge in [-0.15, -0.1) is 0 Å². The van der Waals surface area contributed by atoms with E-state index in [4.69, 9.17) is 5.73 Å². The predicted octanol–water partition coefficient (Wildman–Crippen LogP) is 3.02. The summed E-state index contributed by atoms with van der Waals surface area (Å²) in [5.74, 6) is -0.0895. The fraction of sp³-hybridized carbons (Fsp3) is 0.538. The molecule has 1 aromatic carbocycles. The van der Waals surface area contributed by atoms with Gasteiger partial charge in [0.1, 0.15) is 0 Å². The van der Waals surface area contributed by atoms with Crippen LogP contribution in [0.1, 0.15) is 37.7 Å². The quantitative estimate of drug-likeness (QED) is 0.736. The van der Waals surface area contributed by atoms with Gasteiger partial charge in [-0.1, -0.05) is 35.2 Å². The van der Waals surface area contributed by atoms with Crippen LogP contribution in [0.2, 0.25) is 0 Å². The zero-order chi connectivity index (χ0) is 12.5. The number of aromatic hydroxyl groups is 2. The first-order valence-corrected chi connectivity index (χ1v) is 6.80. The van der Waals surface area contributed by atoms with Gasteiger partial charge >= 0.3 is 0 Å².